The number of carbonyl (C=O) groups is 3. The van der Waals surface area contributed by atoms with Gasteiger partial charge in [-0.2, -0.15) is 0 Å². The molecule has 210 valence electrons. The number of aromatic carboxylic acids is 1. The molecule has 7 nitrogen and oxygen atoms in total. The van der Waals surface area contributed by atoms with Gasteiger partial charge in [0.2, 0.25) is 0 Å². The summed E-state index contributed by atoms with van der Waals surface area (Å²) in [6.07, 6.45) is -3.64. The third kappa shape index (κ3) is 3.44. The molecule has 4 aliphatic carbocycles. The lowest BCUT2D eigenvalue weighted by Gasteiger charge is -2.63. The quantitative estimate of drug-likeness (QED) is 0.406. The molecule has 39 heavy (non-hydrogen) atoms. The minimum absolute atomic E-state index is 0.0461. The molecular weight excluding hydrogens is 578 g/mol. The van der Waals surface area contributed by atoms with E-state index in [-0.39, 0.29) is 40.4 Å². The average molecular weight is 609 g/mol. The molecule has 4 aliphatic rings. The number of rotatable bonds is 4. The summed E-state index contributed by atoms with van der Waals surface area (Å²) in [5.74, 6) is -5.61. The second-order valence-electron chi connectivity index (χ2n) is 12.0. The van der Waals surface area contributed by atoms with E-state index in [2.05, 4.69) is 15.9 Å². The van der Waals surface area contributed by atoms with Crippen LogP contribution in [-0.2, 0) is 9.59 Å². The maximum absolute atomic E-state index is 17.4. The van der Waals surface area contributed by atoms with Crippen LogP contribution in [0.2, 0.25) is 0 Å². The molecule has 10 heteroatoms. The summed E-state index contributed by atoms with van der Waals surface area (Å²) in [5, 5.41) is 44.2. The van der Waals surface area contributed by atoms with E-state index >= 15 is 8.78 Å². The monoisotopic (exact) mass is 608 g/mol. The number of ketones is 2. The van der Waals surface area contributed by atoms with Crippen molar-refractivity contribution in [3.05, 3.63) is 57.6 Å². The minimum Gasteiger partial charge on any atom is -0.478 e. The van der Waals surface area contributed by atoms with Crippen LogP contribution in [0.1, 0.15) is 62.1 Å². The van der Waals surface area contributed by atoms with Crippen LogP contribution in [0.5, 0.6) is 0 Å². The van der Waals surface area contributed by atoms with Crippen molar-refractivity contribution in [1.82, 2.24) is 0 Å². The molecule has 0 aromatic heterocycles. The van der Waals surface area contributed by atoms with Crippen molar-refractivity contribution in [3.8, 4) is 0 Å². The summed E-state index contributed by atoms with van der Waals surface area (Å²) in [6.45, 7) is 4.59. The Balaban J connectivity index is 1.60. The summed E-state index contributed by atoms with van der Waals surface area (Å²) in [4.78, 5) is 37.9. The number of halogens is 3. The van der Waals surface area contributed by atoms with E-state index in [0.717, 1.165) is 6.08 Å². The molecular formula is C29H31BrF2O7. The Labute approximate surface area is 232 Å². The van der Waals surface area contributed by atoms with Crippen LogP contribution in [0.3, 0.4) is 0 Å². The van der Waals surface area contributed by atoms with Gasteiger partial charge < -0.3 is 20.4 Å². The Kier molecular flexibility index (Phi) is 6.42. The predicted octanol–water partition coefficient (Wildman–Crippen LogP) is 4.01. The second-order valence-corrected chi connectivity index (χ2v) is 12.9. The summed E-state index contributed by atoms with van der Waals surface area (Å²) in [5.41, 5.74) is -8.34. The summed E-state index contributed by atoms with van der Waals surface area (Å²) < 4.78 is 33.2. The Morgan fingerprint density at radius 3 is 2.44 bits per heavy atom. The number of carboxylic acids is 1. The van der Waals surface area contributed by atoms with Gasteiger partial charge in [-0.3, -0.25) is 9.59 Å². The Bertz CT molecular complexity index is 1340. The highest BCUT2D eigenvalue weighted by Crippen LogP contribution is 2.71. The number of Topliss-reactive ketones (excluding diaryl/α,β-unsaturated/α-hetero) is 1. The van der Waals surface area contributed by atoms with Crippen LogP contribution in [-0.4, -0.2) is 61.5 Å². The topological polar surface area (TPSA) is 132 Å². The van der Waals surface area contributed by atoms with Crippen LogP contribution in [0.15, 0.2) is 46.5 Å². The highest BCUT2D eigenvalue weighted by molar-refractivity contribution is 9.12. The van der Waals surface area contributed by atoms with Crippen molar-refractivity contribution in [2.45, 2.75) is 69.7 Å². The molecule has 1 aromatic carbocycles. The largest absolute Gasteiger partial charge is 0.478 e. The van der Waals surface area contributed by atoms with E-state index < -0.39 is 75.8 Å². The van der Waals surface area contributed by atoms with Gasteiger partial charge in [0.1, 0.15) is 17.9 Å². The lowest BCUT2D eigenvalue weighted by molar-refractivity contribution is -0.225. The van der Waals surface area contributed by atoms with E-state index in [1.54, 1.807) is 13.8 Å². The summed E-state index contributed by atoms with van der Waals surface area (Å²) >= 11 is 3.14. The molecule has 0 heterocycles. The van der Waals surface area contributed by atoms with E-state index in [1.807, 2.05) is 0 Å². The molecule has 0 amide bonds. The number of aliphatic hydroxyl groups is 3. The zero-order valence-corrected chi connectivity index (χ0v) is 23.3. The molecule has 0 saturated heterocycles. The van der Waals surface area contributed by atoms with Gasteiger partial charge >= 0.3 is 5.97 Å². The number of carboxylic acid groups (broad SMARTS) is 1. The fraction of sp³-hybridized carbons (Fsp3) is 0.552. The molecule has 0 aliphatic heterocycles. The van der Waals surface area contributed by atoms with Crippen molar-refractivity contribution in [1.29, 1.82) is 0 Å². The van der Waals surface area contributed by atoms with Gasteiger partial charge in [-0.25, -0.2) is 13.6 Å². The van der Waals surface area contributed by atoms with Crippen LogP contribution in [0, 0.1) is 28.6 Å². The van der Waals surface area contributed by atoms with Gasteiger partial charge in [-0.1, -0.05) is 38.1 Å². The minimum atomic E-state index is -2.41. The summed E-state index contributed by atoms with van der Waals surface area (Å²) in [6, 6.07) is 5.42. The van der Waals surface area contributed by atoms with E-state index in [4.69, 9.17) is 0 Å². The standard InChI is InChI=1S/C29H31BrF2O7/c1-13-8-16-17-9-20(31)18-10-21(33)19(30)11-26(18,2)28(17,32)22(34)12-27(16,3)29(13,39)24(36)23(35)14-6-4-5-7-15(14)25(37)38/h4-7,10-11,13,16-17,20,22-23,34-35,39H,8-9,12H2,1-3H3,(H,37,38)/t13-,16+,17+,20-,22+,23?,26+,27+,28+,29+/m1/s1. The van der Waals surface area contributed by atoms with Gasteiger partial charge in [0.25, 0.3) is 0 Å². The first-order valence-corrected chi connectivity index (χ1v) is 13.8. The lowest BCUT2D eigenvalue weighted by Crippen LogP contribution is -2.70. The van der Waals surface area contributed by atoms with Gasteiger partial charge in [0.05, 0.1) is 16.1 Å². The van der Waals surface area contributed by atoms with E-state index in [0.29, 0.717) is 0 Å². The summed E-state index contributed by atoms with van der Waals surface area (Å²) in [7, 11) is 0. The van der Waals surface area contributed by atoms with Crippen LogP contribution >= 0.6 is 15.9 Å². The van der Waals surface area contributed by atoms with Gasteiger partial charge in [-0.15, -0.1) is 0 Å². The Morgan fingerprint density at radius 1 is 1.15 bits per heavy atom. The normalized spacial score (nSPS) is 43.9. The van der Waals surface area contributed by atoms with Gasteiger partial charge in [0, 0.05) is 22.3 Å². The predicted molar refractivity (Wildman–Crippen MR) is 139 cm³/mol. The van der Waals surface area contributed by atoms with Crippen molar-refractivity contribution in [3.63, 3.8) is 0 Å². The van der Waals surface area contributed by atoms with Crippen LogP contribution in [0.4, 0.5) is 8.78 Å². The fourth-order valence-corrected chi connectivity index (χ4v) is 8.97. The number of benzene rings is 1. The lowest BCUT2D eigenvalue weighted by atomic mass is 9.44. The molecule has 1 unspecified atom stereocenters. The molecule has 10 atom stereocenters. The number of fused-ring (bicyclic) bond motifs is 5. The molecule has 4 N–H and O–H groups in total. The molecule has 5 rings (SSSR count). The first-order valence-electron chi connectivity index (χ1n) is 13.0. The second kappa shape index (κ2) is 8.86. The number of hydrogen-bond acceptors (Lipinski definition) is 6. The van der Waals surface area contributed by atoms with E-state index in [9.17, 15) is 34.8 Å². The molecule has 0 bridgehead atoms. The molecule has 3 fully saturated rings. The maximum atomic E-state index is 17.4. The maximum Gasteiger partial charge on any atom is 0.336 e. The number of hydrogen-bond donors (Lipinski definition) is 4. The van der Waals surface area contributed by atoms with Crippen molar-refractivity contribution in [2.24, 2.45) is 28.6 Å². The zero-order valence-electron chi connectivity index (χ0n) is 21.7. The van der Waals surface area contributed by atoms with Crippen LogP contribution in [0.25, 0.3) is 0 Å². The highest BCUT2D eigenvalue weighted by Gasteiger charge is 2.77. The Morgan fingerprint density at radius 2 is 1.79 bits per heavy atom. The van der Waals surface area contributed by atoms with Crippen molar-refractivity contribution in [2.75, 3.05) is 0 Å². The molecule has 1 aromatic rings. The first-order chi connectivity index (χ1) is 18.1. The van der Waals surface area contributed by atoms with Gasteiger partial charge in [-0.05, 0) is 71.7 Å². The number of carbonyl (C=O) groups excluding carboxylic acids is 2. The van der Waals surface area contributed by atoms with Crippen molar-refractivity contribution < 1.29 is 43.6 Å². The fourth-order valence-electron chi connectivity index (χ4n) is 8.40. The zero-order chi connectivity index (χ0) is 28.9. The highest BCUT2D eigenvalue weighted by atomic mass is 79.9. The number of allylic oxidation sites excluding steroid dienone is 4. The SMILES string of the molecule is C[C@@H]1C[C@H]2[C@@H]3C[C@@H](F)C4=CC(=O)C(Br)=C[C@]4(C)[C@@]3(F)[C@@H](O)C[C@]2(C)[C@@]1(O)C(=O)C(O)c1ccccc1C(=O)O. The van der Waals surface area contributed by atoms with Gasteiger partial charge in [0.15, 0.2) is 17.2 Å². The third-order valence-corrected chi connectivity index (χ3v) is 11.0. The molecule has 3 saturated carbocycles. The molecule has 0 radical (unpaired) electrons. The number of alkyl halides is 2. The Hall–Kier alpha value is -2.27. The van der Waals surface area contributed by atoms with Crippen molar-refractivity contribution >= 4 is 33.5 Å². The third-order valence-electron chi connectivity index (χ3n) is 10.4. The smallest absolute Gasteiger partial charge is 0.336 e. The average Bonchev–Trinajstić information content (AvgIpc) is 3.08. The first kappa shape index (κ1) is 28.3. The van der Waals surface area contributed by atoms with Crippen LogP contribution < -0.4 is 0 Å². The van der Waals surface area contributed by atoms with E-state index in [1.165, 1.54) is 37.3 Å². The number of aliphatic hydroxyl groups excluding tert-OH is 2. The molecule has 0 spiro atoms.